The molecule has 5 nitrogen and oxygen atoms in total. The van der Waals surface area contributed by atoms with Crippen LogP contribution in [-0.2, 0) is 4.79 Å². The zero-order chi connectivity index (χ0) is 12.3. The molecule has 0 aliphatic heterocycles. The van der Waals surface area contributed by atoms with Crippen molar-refractivity contribution in [2.24, 2.45) is 5.41 Å². The van der Waals surface area contributed by atoms with Crippen LogP contribution in [0.3, 0.4) is 0 Å². The van der Waals surface area contributed by atoms with Crippen molar-refractivity contribution in [3.8, 4) is 0 Å². The minimum absolute atomic E-state index is 0.158. The van der Waals surface area contributed by atoms with Gasteiger partial charge in [-0.25, -0.2) is 0 Å². The number of aromatic nitrogens is 2. The molecule has 0 bridgehead atoms. The average Bonchev–Trinajstić information content (AvgIpc) is 2.19. The van der Waals surface area contributed by atoms with Crippen LogP contribution >= 0.6 is 23.2 Å². The normalized spacial score (nSPS) is 11.2. The highest BCUT2D eigenvalue weighted by Crippen LogP contribution is 2.23. The highest BCUT2D eigenvalue weighted by atomic mass is 35.5. The number of carboxylic acid groups (broad SMARTS) is 1. The second-order valence-electron chi connectivity index (χ2n) is 3.91. The maximum absolute atomic E-state index is 10.9. The van der Waals surface area contributed by atoms with Crippen LogP contribution in [0.5, 0.6) is 0 Å². The first kappa shape index (κ1) is 13.0. The predicted octanol–water partition coefficient (Wildman–Crippen LogP) is 2.31. The van der Waals surface area contributed by atoms with Gasteiger partial charge in [-0.2, -0.15) is 0 Å². The fraction of sp³-hybridized carbons (Fsp3) is 0.444. The lowest BCUT2D eigenvalue weighted by Gasteiger charge is -2.20. The topological polar surface area (TPSA) is 75.1 Å². The summed E-state index contributed by atoms with van der Waals surface area (Å²) in [6.45, 7) is 3.42. The Morgan fingerprint density at radius 3 is 2.69 bits per heavy atom. The van der Waals surface area contributed by atoms with E-state index in [4.69, 9.17) is 28.3 Å². The maximum Gasteiger partial charge on any atom is 0.310 e. The Balaban J connectivity index is 2.75. The Kier molecular flexibility index (Phi) is 3.93. The van der Waals surface area contributed by atoms with Crippen molar-refractivity contribution in [2.75, 3.05) is 11.9 Å². The van der Waals surface area contributed by atoms with Gasteiger partial charge in [-0.1, -0.05) is 23.2 Å². The van der Waals surface area contributed by atoms with E-state index in [9.17, 15) is 4.79 Å². The summed E-state index contributed by atoms with van der Waals surface area (Å²) in [5.41, 5.74) is -0.435. The molecule has 1 rings (SSSR count). The highest BCUT2D eigenvalue weighted by Gasteiger charge is 2.27. The zero-order valence-corrected chi connectivity index (χ0v) is 10.3. The molecular weight excluding hydrogens is 253 g/mol. The maximum atomic E-state index is 10.9. The third-order valence-electron chi connectivity index (χ3n) is 2.02. The summed E-state index contributed by atoms with van der Waals surface area (Å²) in [4.78, 5) is 10.9. The van der Waals surface area contributed by atoms with Gasteiger partial charge in [-0.3, -0.25) is 4.79 Å². The number of carboxylic acids is 1. The summed E-state index contributed by atoms with van der Waals surface area (Å²) in [6.07, 6.45) is 0. The molecule has 0 radical (unpaired) electrons. The summed E-state index contributed by atoms with van der Waals surface area (Å²) in [5, 5.41) is 19.3. The minimum atomic E-state index is -0.904. The Bertz CT molecular complexity index is 410. The third kappa shape index (κ3) is 3.21. The number of nitrogens with one attached hydrogen (secondary N) is 1. The van der Waals surface area contributed by atoms with E-state index in [1.807, 2.05) is 0 Å². The van der Waals surface area contributed by atoms with Crippen LogP contribution in [0.1, 0.15) is 13.8 Å². The number of carbonyl (C=O) groups is 1. The van der Waals surface area contributed by atoms with Gasteiger partial charge in [0, 0.05) is 12.6 Å². The van der Waals surface area contributed by atoms with Crippen molar-refractivity contribution < 1.29 is 9.90 Å². The zero-order valence-electron chi connectivity index (χ0n) is 8.79. The molecule has 1 aromatic heterocycles. The summed E-state index contributed by atoms with van der Waals surface area (Å²) >= 11 is 11.4. The molecule has 0 fully saturated rings. The molecule has 0 aromatic carbocycles. The van der Waals surface area contributed by atoms with E-state index in [1.165, 1.54) is 6.07 Å². The van der Waals surface area contributed by atoms with E-state index in [-0.39, 0.29) is 16.9 Å². The molecule has 0 saturated carbocycles. The number of anilines is 1. The summed E-state index contributed by atoms with van der Waals surface area (Å²) in [7, 11) is 0. The van der Waals surface area contributed by atoms with Gasteiger partial charge in [0.05, 0.1) is 11.1 Å². The van der Waals surface area contributed by atoms with Crippen LogP contribution in [0, 0.1) is 5.41 Å². The summed E-state index contributed by atoms with van der Waals surface area (Å²) < 4.78 is 0. The summed E-state index contributed by atoms with van der Waals surface area (Å²) in [5.74, 6) is -0.899. The highest BCUT2D eigenvalue weighted by molar-refractivity contribution is 6.33. The van der Waals surface area contributed by atoms with Gasteiger partial charge in [0.15, 0.2) is 10.3 Å². The van der Waals surface area contributed by atoms with Gasteiger partial charge >= 0.3 is 5.97 Å². The molecular formula is C9H11Cl2N3O2. The molecule has 7 heteroatoms. The Labute approximate surface area is 103 Å². The first-order valence-electron chi connectivity index (χ1n) is 4.49. The van der Waals surface area contributed by atoms with Crippen molar-refractivity contribution in [2.45, 2.75) is 13.8 Å². The fourth-order valence-corrected chi connectivity index (χ4v) is 1.17. The summed E-state index contributed by atoms with van der Waals surface area (Å²) in [6, 6.07) is 1.49. The van der Waals surface area contributed by atoms with E-state index in [0.29, 0.717) is 5.69 Å². The molecule has 1 aromatic rings. The van der Waals surface area contributed by atoms with Crippen LogP contribution in [0.4, 0.5) is 5.69 Å². The van der Waals surface area contributed by atoms with Crippen molar-refractivity contribution in [1.82, 2.24) is 10.2 Å². The Hall–Kier alpha value is -1.07. The van der Waals surface area contributed by atoms with Gasteiger partial charge in [-0.15, -0.1) is 10.2 Å². The van der Waals surface area contributed by atoms with Crippen LogP contribution < -0.4 is 5.32 Å². The predicted molar refractivity (Wildman–Crippen MR) is 62.0 cm³/mol. The molecule has 0 spiro atoms. The number of aliphatic carboxylic acids is 1. The van der Waals surface area contributed by atoms with E-state index < -0.39 is 11.4 Å². The molecule has 1 heterocycles. The van der Waals surface area contributed by atoms with Gasteiger partial charge < -0.3 is 10.4 Å². The molecule has 2 N–H and O–H groups in total. The number of hydrogen-bond donors (Lipinski definition) is 2. The molecule has 88 valence electrons. The van der Waals surface area contributed by atoms with Crippen LogP contribution in [-0.4, -0.2) is 27.8 Å². The lowest BCUT2D eigenvalue weighted by atomic mass is 9.94. The number of nitrogens with zero attached hydrogens (tertiary/aromatic N) is 2. The van der Waals surface area contributed by atoms with Crippen molar-refractivity contribution in [3.05, 3.63) is 16.4 Å². The lowest BCUT2D eigenvalue weighted by Crippen LogP contribution is -2.31. The monoisotopic (exact) mass is 263 g/mol. The second-order valence-corrected chi connectivity index (χ2v) is 4.66. The van der Waals surface area contributed by atoms with Crippen LogP contribution in [0.2, 0.25) is 10.3 Å². The fourth-order valence-electron chi connectivity index (χ4n) is 0.869. The first-order chi connectivity index (χ1) is 7.33. The lowest BCUT2D eigenvalue weighted by molar-refractivity contribution is -0.146. The van der Waals surface area contributed by atoms with Gasteiger partial charge in [0.1, 0.15) is 0 Å². The quantitative estimate of drug-likeness (QED) is 0.872. The van der Waals surface area contributed by atoms with E-state index in [0.717, 1.165) is 0 Å². The molecule has 0 saturated heterocycles. The van der Waals surface area contributed by atoms with E-state index in [2.05, 4.69) is 15.5 Å². The molecule has 0 unspecified atom stereocenters. The van der Waals surface area contributed by atoms with E-state index in [1.54, 1.807) is 13.8 Å². The van der Waals surface area contributed by atoms with Gasteiger partial charge in [0.2, 0.25) is 0 Å². The third-order valence-corrected chi connectivity index (χ3v) is 2.48. The molecule has 0 atom stereocenters. The molecule has 16 heavy (non-hydrogen) atoms. The Morgan fingerprint density at radius 1 is 1.50 bits per heavy atom. The van der Waals surface area contributed by atoms with Crippen molar-refractivity contribution in [1.29, 1.82) is 0 Å². The second kappa shape index (κ2) is 4.84. The van der Waals surface area contributed by atoms with Crippen molar-refractivity contribution in [3.63, 3.8) is 0 Å². The van der Waals surface area contributed by atoms with Gasteiger partial charge in [-0.05, 0) is 13.8 Å². The van der Waals surface area contributed by atoms with Gasteiger partial charge in [0.25, 0.3) is 0 Å². The largest absolute Gasteiger partial charge is 0.481 e. The van der Waals surface area contributed by atoms with Crippen LogP contribution in [0.25, 0.3) is 0 Å². The minimum Gasteiger partial charge on any atom is -0.481 e. The van der Waals surface area contributed by atoms with E-state index >= 15 is 0 Å². The smallest absolute Gasteiger partial charge is 0.310 e. The Morgan fingerprint density at radius 2 is 2.12 bits per heavy atom. The van der Waals surface area contributed by atoms with Crippen LogP contribution in [0.15, 0.2) is 6.07 Å². The number of hydrogen-bond acceptors (Lipinski definition) is 4. The molecule has 0 aliphatic rings. The number of rotatable bonds is 4. The molecule has 0 amide bonds. The SMILES string of the molecule is CC(C)(CNc1cc(Cl)nnc1Cl)C(=O)O. The standard InChI is InChI=1S/C9H11Cl2N3O2/c1-9(2,8(15)16)4-12-5-3-6(10)13-14-7(5)11/h3H,4H2,1-2H3,(H,12,13)(H,15,16). The average molecular weight is 264 g/mol. The molecule has 0 aliphatic carbocycles. The number of halogens is 2. The first-order valence-corrected chi connectivity index (χ1v) is 5.24. The van der Waals surface area contributed by atoms with Crippen molar-refractivity contribution >= 4 is 34.9 Å².